The molecule has 0 fully saturated rings. The van der Waals surface area contributed by atoms with Gasteiger partial charge in [0.15, 0.2) is 0 Å². The second-order valence-corrected chi connectivity index (χ2v) is 5.67. The highest BCUT2D eigenvalue weighted by atomic mass is 16.4. The van der Waals surface area contributed by atoms with Crippen molar-refractivity contribution >= 4 is 28.9 Å². The number of aromatic nitrogens is 2. The minimum Gasteiger partial charge on any atom is -0.478 e. The lowest BCUT2D eigenvalue weighted by atomic mass is 10.1. The summed E-state index contributed by atoms with van der Waals surface area (Å²) in [6, 6.07) is 9.35. The molecule has 7 nitrogen and oxygen atoms in total. The van der Waals surface area contributed by atoms with E-state index in [0.717, 1.165) is 11.6 Å². The molecule has 130 valence electrons. The molecule has 1 aromatic heterocycles. The zero-order valence-corrected chi connectivity index (χ0v) is 13.7. The predicted octanol–water partition coefficient (Wildman–Crippen LogP) is 2.49. The number of aryl methyl sites for hydroxylation is 1. The normalized spacial score (nSPS) is 11.1. The van der Waals surface area contributed by atoms with Crippen molar-refractivity contribution in [2.75, 3.05) is 0 Å². The Morgan fingerprint density at radius 1 is 1.12 bits per heavy atom. The number of aromatic carboxylic acids is 1. The lowest BCUT2D eigenvalue weighted by Gasteiger charge is -2.11. The molecular weight excluding hydrogens is 336 g/mol. The Bertz CT molecular complexity index is 1130. The van der Waals surface area contributed by atoms with Gasteiger partial charge in [-0.15, -0.1) is 0 Å². The van der Waals surface area contributed by atoms with Gasteiger partial charge < -0.3 is 10.2 Å². The first-order valence-electron chi connectivity index (χ1n) is 7.63. The van der Waals surface area contributed by atoms with Crippen molar-refractivity contribution in [2.45, 2.75) is 6.92 Å². The summed E-state index contributed by atoms with van der Waals surface area (Å²) in [5, 5.41) is 18.2. The van der Waals surface area contributed by atoms with E-state index in [1.165, 1.54) is 29.1 Å². The fourth-order valence-corrected chi connectivity index (χ4v) is 2.58. The fraction of sp³-hybridized carbons (Fsp3) is 0.0526. The third-order valence-corrected chi connectivity index (χ3v) is 3.92. The van der Waals surface area contributed by atoms with Crippen molar-refractivity contribution in [3.63, 3.8) is 0 Å². The monoisotopic (exact) mass is 350 g/mol. The van der Waals surface area contributed by atoms with Crippen molar-refractivity contribution in [2.24, 2.45) is 0 Å². The van der Waals surface area contributed by atoms with Crippen LogP contribution in [0.5, 0.6) is 0 Å². The molecule has 0 unspecified atom stereocenters. The van der Waals surface area contributed by atoms with Crippen molar-refractivity contribution in [1.82, 2.24) is 9.55 Å². The third-order valence-electron chi connectivity index (χ3n) is 3.92. The number of benzene rings is 2. The van der Waals surface area contributed by atoms with E-state index < -0.39 is 11.9 Å². The molecule has 0 spiro atoms. The summed E-state index contributed by atoms with van der Waals surface area (Å²) in [7, 11) is 0. The average molecular weight is 350 g/mol. The van der Waals surface area contributed by atoms with Gasteiger partial charge in [-0.2, -0.15) is 0 Å². The maximum absolute atomic E-state index is 12.9. The molecule has 0 aliphatic rings. The molecule has 3 rings (SSSR count). The Balaban J connectivity index is 2.21. The highest BCUT2D eigenvalue weighted by Crippen LogP contribution is 2.17. The lowest BCUT2D eigenvalue weighted by molar-refractivity contribution is -0.131. The molecule has 0 saturated carbocycles. The molecule has 0 radical (unpaired) electrons. The van der Waals surface area contributed by atoms with E-state index in [4.69, 9.17) is 10.2 Å². The number of carboxylic acid groups (broad SMARTS) is 2. The van der Waals surface area contributed by atoms with Crippen LogP contribution in [0.25, 0.3) is 22.7 Å². The summed E-state index contributed by atoms with van der Waals surface area (Å²) in [6.07, 6.45) is 3.72. The number of aliphatic carboxylic acids is 1. The van der Waals surface area contributed by atoms with Crippen LogP contribution in [0.1, 0.15) is 21.5 Å². The number of carboxylic acids is 2. The van der Waals surface area contributed by atoms with Crippen LogP contribution in [0.3, 0.4) is 0 Å². The first-order chi connectivity index (χ1) is 12.4. The van der Waals surface area contributed by atoms with Gasteiger partial charge in [0.05, 0.1) is 22.2 Å². The molecule has 3 aromatic rings. The van der Waals surface area contributed by atoms with Crippen LogP contribution in [0, 0.1) is 6.92 Å². The molecule has 0 bridgehead atoms. The summed E-state index contributed by atoms with van der Waals surface area (Å²) < 4.78 is 1.29. The summed E-state index contributed by atoms with van der Waals surface area (Å²) in [6.45, 7) is 1.77. The largest absolute Gasteiger partial charge is 0.478 e. The van der Waals surface area contributed by atoms with Crippen molar-refractivity contribution in [1.29, 1.82) is 0 Å². The zero-order chi connectivity index (χ0) is 18.8. The molecule has 1 heterocycles. The summed E-state index contributed by atoms with van der Waals surface area (Å²) in [5.74, 6) is -2.18. The Hall–Kier alpha value is -3.74. The molecule has 2 N–H and O–H groups in total. The Morgan fingerprint density at radius 2 is 1.88 bits per heavy atom. The SMILES string of the molecule is Cc1ccc(C(=O)O)cc1-n1cnc2ccc(/C=C/C(=O)O)cc2c1=O. The van der Waals surface area contributed by atoms with E-state index in [2.05, 4.69) is 4.98 Å². The third kappa shape index (κ3) is 3.23. The van der Waals surface area contributed by atoms with E-state index in [0.29, 0.717) is 22.2 Å². The van der Waals surface area contributed by atoms with Gasteiger partial charge in [-0.25, -0.2) is 14.6 Å². The maximum Gasteiger partial charge on any atom is 0.335 e. The summed E-state index contributed by atoms with van der Waals surface area (Å²) in [4.78, 5) is 39.0. The van der Waals surface area contributed by atoms with Crippen LogP contribution in [-0.4, -0.2) is 31.7 Å². The summed E-state index contributed by atoms with van der Waals surface area (Å²) >= 11 is 0. The number of hydrogen-bond donors (Lipinski definition) is 2. The molecule has 0 aliphatic carbocycles. The van der Waals surface area contributed by atoms with E-state index in [1.54, 1.807) is 31.2 Å². The van der Waals surface area contributed by atoms with Crippen LogP contribution in [0.15, 0.2) is 53.6 Å². The predicted molar refractivity (Wildman–Crippen MR) is 95.7 cm³/mol. The van der Waals surface area contributed by atoms with Crippen LogP contribution in [0.2, 0.25) is 0 Å². The number of hydrogen-bond acceptors (Lipinski definition) is 4. The van der Waals surface area contributed by atoms with Crippen LogP contribution in [0.4, 0.5) is 0 Å². The number of fused-ring (bicyclic) bond motifs is 1. The van der Waals surface area contributed by atoms with Crippen molar-refractivity contribution in [3.8, 4) is 5.69 Å². The highest BCUT2D eigenvalue weighted by molar-refractivity contribution is 5.89. The Kier molecular flexibility index (Phi) is 4.36. The molecule has 26 heavy (non-hydrogen) atoms. The van der Waals surface area contributed by atoms with Gasteiger partial charge in [0.2, 0.25) is 0 Å². The maximum atomic E-state index is 12.9. The lowest BCUT2D eigenvalue weighted by Crippen LogP contribution is -2.20. The molecule has 2 aromatic carbocycles. The van der Waals surface area contributed by atoms with Crippen LogP contribution in [-0.2, 0) is 4.79 Å². The fourth-order valence-electron chi connectivity index (χ4n) is 2.58. The van der Waals surface area contributed by atoms with E-state index in [9.17, 15) is 14.4 Å². The van der Waals surface area contributed by atoms with E-state index >= 15 is 0 Å². The second kappa shape index (κ2) is 6.64. The molecule has 0 atom stereocenters. The zero-order valence-electron chi connectivity index (χ0n) is 13.7. The first kappa shape index (κ1) is 17.1. The summed E-state index contributed by atoms with van der Waals surface area (Å²) in [5.41, 5.74) is 1.86. The molecular formula is C19H14N2O5. The molecule has 7 heteroatoms. The average Bonchev–Trinajstić information content (AvgIpc) is 2.61. The number of carbonyl (C=O) groups is 2. The topological polar surface area (TPSA) is 109 Å². The Morgan fingerprint density at radius 3 is 2.58 bits per heavy atom. The number of rotatable bonds is 4. The van der Waals surface area contributed by atoms with Crippen molar-refractivity contribution < 1.29 is 19.8 Å². The van der Waals surface area contributed by atoms with Gasteiger partial charge in [-0.1, -0.05) is 12.1 Å². The smallest absolute Gasteiger partial charge is 0.335 e. The quantitative estimate of drug-likeness (QED) is 0.700. The van der Waals surface area contributed by atoms with Crippen LogP contribution >= 0.6 is 0 Å². The van der Waals surface area contributed by atoms with Gasteiger partial charge >= 0.3 is 11.9 Å². The van der Waals surface area contributed by atoms with Gasteiger partial charge in [0.25, 0.3) is 5.56 Å². The molecule has 0 saturated heterocycles. The Labute approximate surface area is 147 Å². The van der Waals surface area contributed by atoms with E-state index in [-0.39, 0.29) is 11.1 Å². The van der Waals surface area contributed by atoms with Gasteiger partial charge in [0.1, 0.15) is 6.33 Å². The minimum atomic E-state index is -1.09. The number of nitrogens with zero attached hydrogens (tertiary/aromatic N) is 2. The second-order valence-electron chi connectivity index (χ2n) is 5.67. The highest BCUT2D eigenvalue weighted by Gasteiger charge is 2.11. The van der Waals surface area contributed by atoms with Gasteiger partial charge in [0, 0.05) is 6.08 Å². The van der Waals surface area contributed by atoms with Crippen molar-refractivity contribution in [3.05, 3.63) is 75.8 Å². The molecule has 0 aliphatic heterocycles. The first-order valence-corrected chi connectivity index (χ1v) is 7.63. The molecule has 0 amide bonds. The van der Waals surface area contributed by atoms with Crippen LogP contribution < -0.4 is 5.56 Å². The standard InChI is InChI=1S/C19H14N2O5/c1-11-2-5-13(19(25)26)9-16(11)21-10-20-15-6-3-12(4-7-17(22)23)8-14(15)18(21)24/h2-10H,1H3,(H,22,23)(H,25,26)/b7-4+. The van der Waals surface area contributed by atoms with E-state index in [1.807, 2.05) is 0 Å². The van der Waals surface area contributed by atoms with Gasteiger partial charge in [-0.05, 0) is 48.4 Å². The van der Waals surface area contributed by atoms with Gasteiger partial charge in [-0.3, -0.25) is 9.36 Å². The minimum absolute atomic E-state index is 0.0655.